The van der Waals surface area contributed by atoms with E-state index in [0.29, 0.717) is 0 Å². The molecule has 0 saturated heterocycles. The predicted molar refractivity (Wildman–Crippen MR) is 105 cm³/mol. The van der Waals surface area contributed by atoms with Crippen LogP contribution in [-0.4, -0.2) is 37.0 Å². The van der Waals surface area contributed by atoms with E-state index in [1.807, 2.05) is 11.3 Å². The SMILES string of the molecule is CCNC(=NCc1sccc1C)NCCN1CCc2sccc2C1. The summed E-state index contributed by atoms with van der Waals surface area (Å²) >= 11 is 3.68. The van der Waals surface area contributed by atoms with Crippen LogP contribution in [0.15, 0.2) is 27.9 Å². The van der Waals surface area contributed by atoms with Gasteiger partial charge in [0.2, 0.25) is 0 Å². The van der Waals surface area contributed by atoms with Crippen molar-refractivity contribution in [3.8, 4) is 0 Å². The number of thiophene rings is 2. The number of nitrogens with one attached hydrogen (secondary N) is 2. The summed E-state index contributed by atoms with van der Waals surface area (Å²) in [6.45, 7) is 10.1. The van der Waals surface area contributed by atoms with Gasteiger partial charge in [0.1, 0.15) is 0 Å². The first kappa shape index (κ1) is 17.5. The first-order chi connectivity index (χ1) is 11.8. The van der Waals surface area contributed by atoms with E-state index in [4.69, 9.17) is 4.99 Å². The highest BCUT2D eigenvalue weighted by atomic mass is 32.1. The third-order valence-corrected chi connectivity index (χ3v) is 6.33. The zero-order valence-corrected chi connectivity index (χ0v) is 16.1. The van der Waals surface area contributed by atoms with Gasteiger partial charge < -0.3 is 10.6 Å². The van der Waals surface area contributed by atoms with E-state index >= 15 is 0 Å². The fraction of sp³-hybridized carbons (Fsp3) is 0.500. The molecule has 1 aliphatic heterocycles. The van der Waals surface area contributed by atoms with Gasteiger partial charge in [0, 0.05) is 42.5 Å². The van der Waals surface area contributed by atoms with Gasteiger partial charge in [0.15, 0.2) is 5.96 Å². The molecule has 0 aromatic carbocycles. The number of hydrogen-bond donors (Lipinski definition) is 2. The Balaban J connectivity index is 1.47. The number of rotatable bonds is 6. The van der Waals surface area contributed by atoms with Gasteiger partial charge in [-0.2, -0.15) is 0 Å². The summed E-state index contributed by atoms with van der Waals surface area (Å²) in [7, 11) is 0. The largest absolute Gasteiger partial charge is 0.357 e. The van der Waals surface area contributed by atoms with Crippen molar-refractivity contribution in [2.24, 2.45) is 4.99 Å². The summed E-state index contributed by atoms with van der Waals surface area (Å²) in [6.07, 6.45) is 1.19. The molecule has 0 fully saturated rings. The first-order valence-corrected chi connectivity index (χ1v) is 10.3. The van der Waals surface area contributed by atoms with Crippen LogP contribution < -0.4 is 10.6 Å². The second-order valence-corrected chi connectivity index (χ2v) is 8.05. The second kappa shape index (κ2) is 8.65. The van der Waals surface area contributed by atoms with Gasteiger partial charge in [0.05, 0.1) is 6.54 Å². The summed E-state index contributed by atoms with van der Waals surface area (Å²) in [5.41, 5.74) is 2.85. The van der Waals surface area contributed by atoms with Crippen LogP contribution in [0.5, 0.6) is 0 Å². The van der Waals surface area contributed by atoms with Gasteiger partial charge in [-0.15, -0.1) is 22.7 Å². The van der Waals surface area contributed by atoms with E-state index in [0.717, 1.165) is 45.2 Å². The monoisotopic (exact) mass is 362 g/mol. The molecule has 1 aliphatic rings. The predicted octanol–water partition coefficient (Wildman–Crippen LogP) is 3.23. The molecule has 2 aromatic heterocycles. The Bertz CT molecular complexity index is 674. The lowest BCUT2D eigenvalue weighted by atomic mass is 10.1. The van der Waals surface area contributed by atoms with Crippen molar-refractivity contribution >= 4 is 28.6 Å². The van der Waals surface area contributed by atoms with E-state index in [9.17, 15) is 0 Å². The molecule has 0 atom stereocenters. The molecule has 130 valence electrons. The Morgan fingerprint density at radius 3 is 2.92 bits per heavy atom. The van der Waals surface area contributed by atoms with Crippen molar-refractivity contribution in [3.63, 3.8) is 0 Å². The third kappa shape index (κ3) is 4.59. The Morgan fingerprint density at radius 1 is 1.25 bits per heavy atom. The van der Waals surface area contributed by atoms with Crippen LogP contribution in [0.25, 0.3) is 0 Å². The minimum Gasteiger partial charge on any atom is -0.357 e. The zero-order chi connectivity index (χ0) is 16.8. The van der Waals surface area contributed by atoms with Gasteiger partial charge >= 0.3 is 0 Å². The summed E-state index contributed by atoms with van der Waals surface area (Å²) < 4.78 is 0. The molecule has 0 radical (unpaired) electrons. The highest BCUT2D eigenvalue weighted by molar-refractivity contribution is 7.10. The summed E-state index contributed by atoms with van der Waals surface area (Å²) in [5, 5.41) is 11.2. The molecule has 0 amide bonds. The molecule has 0 spiro atoms. The van der Waals surface area contributed by atoms with E-state index in [2.05, 4.69) is 52.3 Å². The van der Waals surface area contributed by atoms with Gasteiger partial charge in [-0.1, -0.05) is 0 Å². The minimum atomic E-state index is 0.751. The van der Waals surface area contributed by atoms with Crippen LogP contribution in [0.2, 0.25) is 0 Å². The molecule has 3 rings (SSSR count). The Morgan fingerprint density at radius 2 is 2.12 bits per heavy atom. The standard InChI is InChI=1S/C18H26N4S2/c1-3-19-18(21-12-17-14(2)5-10-24-17)20-7-9-22-8-4-16-15(13-22)6-11-23-16/h5-6,10-11H,3-4,7-9,12-13H2,1-2H3,(H2,19,20,21). The second-order valence-electron chi connectivity index (χ2n) is 6.04. The average Bonchev–Trinajstić information content (AvgIpc) is 3.21. The van der Waals surface area contributed by atoms with Crippen molar-refractivity contribution in [2.45, 2.75) is 33.4 Å². The summed E-state index contributed by atoms with van der Waals surface area (Å²) in [6, 6.07) is 4.43. The lowest BCUT2D eigenvalue weighted by Crippen LogP contribution is -2.42. The smallest absolute Gasteiger partial charge is 0.191 e. The lowest BCUT2D eigenvalue weighted by molar-refractivity contribution is 0.260. The van der Waals surface area contributed by atoms with Gasteiger partial charge in [-0.05, 0) is 54.3 Å². The zero-order valence-electron chi connectivity index (χ0n) is 14.5. The minimum absolute atomic E-state index is 0.751. The van der Waals surface area contributed by atoms with Gasteiger partial charge in [0.25, 0.3) is 0 Å². The first-order valence-electron chi connectivity index (χ1n) is 8.59. The van der Waals surface area contributed by atoms with E-state index in [1.165, 1.54) is 22.4 Å². The number of guanidine groups is 1. The molecule has 0 unspecified atom stereocenters. The van der Waals surface area contributed by atoms with Crippen LogP contribution in [-0.2, 0) is 19.5 Å². The fourth-order valence-electron chi connectivity index (χ4n) is 2.89. The van der Waals surface area contributed by atoms with E-state index < -0.39 is 0 Å². The summed E-state index contributed by atoms with van der Waals surface area (Å²) in [5.74, 6) is 0.915. The van der Waals surface area contributed by atoms with E-state index in [-0.39, 0.29) is 0 Å². The van der Waals surface area contributed by atoms with Crippen LogP contribution in [0, 0.1) is 6.92 Å². The molecule has 0 saturated carbocycles. The Hall–Kier alpha value is -1.37. The quantitative estimate of drug-likeness (QED) is 0.612. The van der Waals surface area contributed by atoms with Crippen LogP contribution in [0.4, 0.5) is 0 Å². The molecular weight excluding hydrogens is 336 g/mol. The maximum absolute atomic E-state index is 4.72. The Labute approximate surface area is 152 Å². The summed E-state index contributed by atoms with van der Waals surface area (Å²) in [4.78, 5) is 10.1. The number of aliphatic imine (C=N–C) groups is 1. The molecule has 24 heavy (non-hydrogen) atoms. The van der Waals surface area contributed by atoms with Crippen molar-refractivity contribution in [1.82, 2.24) is 15.5 Å². The van der Waals surface area contributed by atoms with Gasteiger partial charge in [-0.3, -0.25) is 4.90 Å². The number of nitrogens with zero attached hydrogens (tertiary/aromatic N) is 2. The van der Waals surface area contributed by atoms with Crippen LogP contribution >= 0.6 is 22.7 Å². The highest BCUT2D eigenvalue weighted by Gasteiger charge is 2.16. The number of hydrogen-bond acceptors (Lipinski definition) is 4. The molecular formula is C18H26N4S2. The van der Waals surface area contributed by atoms with Crippen LogP contribution in [0.3, 0.4) is 0 Å². The molecule has 3 heterocycles. The molecule has 0 aliphatic carbocycles. The third-order valence-electron chi connectivity index (χ3n) is 4.30. The maximum atomic E-state index is 4.72. The van der Waals surface area contributed by atoms with Crippen molar-refractivity contribution < 1.29 is 0 Å². The molecule has 4 nitrogen and oxygen atoms in total. The van der Waals surface area contributed by atoms with E-state index in [1.54, 1.807) is 16.2 Å². The van der Waals surface area contributed by atoms with Crippen molar-refractivity contribution in [3.05, 3.63) is 43.8 Å². The highest BCUT2D eigenvalue weighted by Crippen LogP contribution is 2.23. The maximum Gasteiger partial charge on any atom is 0.191 e. The van der Waals surface area contributed by atoms with Crippen molar-refractivity contribution in [1.29, 1.82) is 0 Å². The molecule has 0 bridgehead atoms. The number of aryl methyl sites for hydroxylation is 1. The molecule has 2 aromatic rings. The topological polar surface area (TPSA) is 39.7 Å². The van der Waals surface area contributed by atoms with Gasteiger partial charge in [-0.25, -0.2) is 4.99 Å². The molecule has 6 heteroatoms. The average molecular weight is 363 g/mol. The molecule has 2 N–H and O–H groups in total. The van der Waals surface area contributed by atoms with Crippen molar-refractivity contribution in [2.75, 3.05) is 26.2 Å². The van der Waals surface area contributed by atoms with Crippen LogP contribution in [0.1, 0.15) is 27.8 Å². The Kier molecular flexibility index (Phi) is 6.29. The number of fused-ring (bicyclic) bond motifs is 1. The fourth-order valence-corrected chi connectivity index (χ4v) is 4.61. The normalized spacial score (nSPS) is 15.3. The lowest BCUT2D eigenvalue weighted by Gasteiger charge is -2.27.